The van der Waals surface area contributed by atoms with Gasteiger partial charge in [-0.1, -0.05) is 69.8 Å². The van der Waals surface area contributed by atoms with E-state index >= 15 is 0 Å². The summed E-state index contributed by atoms with van der Waals surface area (Å²) in [4.78, 5) is 0. The number of hydrogen-bond acceptors (Lipinski definition) is 5. The van der Waals surface area contributed by atoms with E-state index in [1.54, 1.807) is 19.1 Å². The minimum Gasteiger partial charge on any atom is -0.505 e. The summed E-state index contributed by atoms with van der Waals surface area (Å²) >= 11 is 0. The molecule has 3 rings (SSSR count). The second kappa shape index (κ2) is 9.47. The van der Waals surface area contributed by atoms with Crippen LogP contribution in [-0.2, 0) is 5.41 Å². The summed E-state index contributed by atoms with van der Waals surface area (Å²) in [7, 11) is 0. The normalized spacial score (nSPS) is 12.5. The number of aromatic hydroxyl groups is 1. The third kappa shape index (κ3) is 5.72. The molecule has 0 aromatic heterocycles. The van der Waals surface area contributed by atoms with Crippen molar-refractivity contribution in [2.75, 3.05) is 0 Å². The van der Waals surface area contributed by atoms with Crippen molar-refractivity contribution >= 4 is 17.5 Å². The van der Waals surface area contributed by atoms with Crippen molar-refractivity contribution in [3.05, 3.63) is 84.4 Å². The van der Waals surface area contributed by atoms with Gasteiger partial charge in [0.2, 0.25) is 6.29 Å². The van der Waals surface area contributed by atoms with Crippen LogP contribution in [0, 0.1) is 0 Å². The lowest BCUT2D eigenvalue weighted by molar-refractivity contribution is 0.0226. The lowest BCUT2D eigenvalue weighted by atomic mass is 9.86. The van der Waals surface area contributed by atoms with Crippen LogP contribution in [0.1, 0.15) is 38.8 Å². The molecule has 0 heterocycles. The van der Waals surface area contributed by atoms with Crippen molar-refractivity contribution < 1.29 is 14.6 Å². The van der Waals surface area contributed by atoms with Crippen LogP contribution >= 0.6 is 0 Å². The third-order valence-electron chi connectivity index (χ3n) is 4.65. The van der Waals surface area contributed by atoms with Crippen LogP contribution < -0.4 is 9.47 Å². The van der Waals surface area contributed by atoms with E-state index in [-0.39, 0.29) is 16.9 Å². The summed E-state index contributed by atoms with van der Waals surface area (Å²) < 4.78 is 11.8. The average Bonchev–Trinajstić information content (AvgIpc) is 2.73. The van der Waals surface area contributed by atoms with Crippen molar-refractivity contribution in [2.45, 2.75) is 39.4 Å². The minimum atomic E-state index is -0.611. The van der Waals surface area contributed by atoms with E-state index in [0.29, 0.717) is 17.2 Å². The summed E-state index contributed by atoms with van der Waals surface area (Å²) in [5, 5.41) is 19.5. The molecule has 1 atom stereocenters. The first-order chi connectivity index (χ1) is 14.8. The van der Waals surface area contributed by atoms with E-state index in [2.05, 4.69) is 16.8 Å². The van der Waals surface area contributed by atoms with Gasteiger partial charge >= 0.3 is 0 Å². The number of phenols is 1. The van der Waals surface area contributed by atoms with Gasteiger partial charge in [-0.3, -0.25) is 0 Å². The fourth-order valence-corrected chi connectivity index (χ4v) is 3.04. The fraction of sp³-hybridized carbons (Fsp3) is 0.231. The second-order valence-corrected chi connectivity index (χ2v) is 8.17. The van der Waals surface area contributed by atoms with Gasteiger partial charge < -0.3 is 14.6 Å². The first kappa shape index (κ1) is 22.1. The van der Waals surface area contributed by atoms with Crippen molar-refractivity contribution in [2.24, 2.45) is 10.2 Å². The van der Waals surface area contributed by atoms with E-state index in [4.69, 9.17) is 9.47 Å². The summed E-state index contributed by atoms with van der Waals surface area (Å²) in [6.07, 6.45) is 1.16. The summed E-state index contributed by atoms with van der Waals surface area (Å²) in [5.41, 5.74) is 2.45. The number of hydrogen-bond donors (Lipinski definition) is 1. The molecule has 1 N–H and O–H groups in total. The molecule has 0 saturated carbocycles. The molecule has 0 fully saturated rings. The van der Waals surface area contributed by atoms with Crippen LogP contribution in [0.15, 0.2) is 83.5 Å². The summed E-state index contributed by atoms with van der Waals surface area (Å²) in [6, 6.07) is 20.5. The van der Waals surface area contributed by atoms with Gasteiger partial charge in [-0.25, -0.2) is 0 Å². The van der Waals surface area contributed by atoms with Gasteiger partial charge in [-0.05, 0) is 41.3 Å². The Morgan fingerprint density at radius 1 is 0.903 bits per heavy atom. The van der Waals surface area contributed by atoms with Crippen molar-refractivity contribution in [3.8, 4) is 17.2 Å². The van der Waals surface area contributed by atoms with Crippen molar-refractivity contribution in [1.82, 2.24) is 0 Å². The lowest BCUT2D eigenvalue weighted by Gasteiger charge is -2.23. The van der Waals surface area contributed by atoms with Crippen LogP contribution in [0.25, 0.3) is 6.08 Å². The molecule has 3 aromatic rings. The van der Waals surface area contributed by atoms with Crippen molar-refractivity contribution in [3.63, 3.8) is 0 Å². The van der Waals surface area contributed by atoms with E-state index in [1.807, 2.05) is 81.4 Å². The number of rotatable bonds is 7. The van der Waals surface area contributed by atoms with Gasteiger partial charge in [0.1, 0.15) is 5.75 Å². The van der Waals surface area contributed by atoms with E-state index < -0.39 is 6.29 Å². The molecular weight excluding hydrogens is 388 g/mol. The van der Waals surface area contributed by atoms with Gasteiger partial charge in [0.25, 0.3) is 0 Å². The molecule has 160 valence electrons. The summed E-state index contributed by atoms with van der Waals surface area (Å²) in [6.45, 7) is 11.6. The first-order valence-electron chi connectivity index (χ1n) is 10.2. The highest BCUT2D eigenvalue weighted by Crippen LogP contribution is 2.44. The van der Waals surface area contributed by atoms with Gasteiger partial charge in [-0.15, -0.1) is 5.11 Å². The highest BCUT2D eigenvalue weighted by atomic mass is 16.7. The van der Waals surface area contributed by atoms with E-state index in [0.717, 1.165) is 11.1 Å². The van der Waals surface area contributed by atoms with Crippen LogP contribution in [0.4, 0.5) is 11.4 Å². The molecular formula is C26H28N2O3. The second-order valence-electron chi connectivity index (χ2n) is 8.17. The Morgan fingerprint density at radius 2 is 1.58 bits per heavy atom. The zero-order chi connectivity index (χ0) is 22.4. The minimum absolute atomic E-state index is 0.0483. The molecule has 0 saturated heterocycles. The Morgan fingerprint density at radius 3 is 2.19 bits per heavy atom. The van der Waals surface area contributed by atoms with Gasteiger partial charge in [-0.2, -0.15) is 5.11 Å². The molecule has 1 unspecified atom stereocenters. The Balaban J connectivity index is 1.89. The van der Waals surface area contributed by atoms with Crippen LogP contribution in [0.3, 0.4) is 0 Å². The highest BCUT2D eigenvalue weighted by Gasteiger charge is 2.24. The molecule has 0 amide bonds. The van der Waals surface area contributed by atoms with Gasteiger partial charge in [0, 0.05) is 12.5 Å². The topological polar surface area (TPSA) is 63.4 Å². The molecule has 0 radical (unpaired) electrons. The average molecular weight is 417 g/mol. The quantitative estimate of drug-likeness (QED) is 0.319. The zero-order valence-electron chi connectivity index (χ0n) is 18.4. The number of benzene rings is 3. The molecule has 0 aliphatic rings. The Hall–Kier alpha value is -3.60. The number of azo groups is 1. The lowest BCUT2D eigenvalue weighted by Crippen LogP contribution is -2.20. The number of ether oxygens (including phenoxy) is 2. The van der Waals surface area contributed by atoms with Crippen LogP contribution in [-0.4, -0.2) is 11.4 Å². The maximum atomic E-state index is 11.0. The highest BCUT2D eigenvalue weighted by molar-refractivity contribution is 5.66. The Kier molecular flexibility index (Phi) is 6.75. The Bertz CT molecular complexity index is 1050. The molecule has 0 aliphatic heterocycles. The predicted molar refractivity (Wildman–Crippen MR) is 125 cm³/mol. The molecule has 5 nitrogen and oxygen atoms in total. The zero-order valence-corrected chi connectivity index (χ0v) is 18.4. The number of phenolic OH excluding ortho intramolecular Hbond substituents is 1. The van der Waals surface area contributed by atoms with E-state index in [9.17, 15) is 5.11 Å². The van der Waals surface area contributed by atoms with Crippen molar-refractivity contribution in [1.29, 1.82) is 0 Å². The maximum absolute atomic E-state index is 11.0. The van der Waals surface area contributed by atoms with Crippen LogP contribution in [0.5, 0.6) is 17.2 Å². The monoisotopic (exact) mass is 416 g/mol. The number of nitrogens with zero attached hydrogens (tertiary/aromatic N) is 2. The smallest absolute Gasteiger partial charge is 0.238 e. The maximum Gasteiger partial charge on any atom is 0.238 e. The van der Waals surface area contributed by atoms with E-state index in [1.165, 1.54) is 0 Å². The van der Waals surface area contributed by atoms with Crippen LogP contribution in [0.2, 0.25) is 0 Å². The predicted octanol–water partition coefficient (Wildman–Crippen LogP) is 7.55. The molecule has 0 bridgehead atoms. The molecule has 0 aliphatic carbocycles. The Labute approximate surface area is 183 Å². The third-order valence-corrected chi connectivity index (χ3v) is 4.65. The largest absolute Gasteiger partial charge is 0.505 e. The molecule has 5 heteroatoms. The van der Waals surface area contributed by atoms with Gasteiger partial charge in [0.15, 0.2) is 17.2 Å². The molecule has 0 spiro atoms. The SMILES string of the molecule is C=Cc1ccc(OC(C)Oc2ccc(C(C)(C)C)c(O)c2N=Nc2ccccc2)cc1. The summed E-state index contributed by atoms with van der Waals surface area (Å²) in [5.74, 6) is 1.11. The standard InChI is InChI=1S/C26H28N2O3/c1-6-19-12-14-21(15-13-19)30-18(2)31-23-17-16-22(26(3,4)5)25(29)24(23)28-27-20-10-8-7-9-11-20/h6-18,29H,1H2,2-5H3. The molecule has 31 heavy (non-hydrogen) atoms. The first-order valence-corrected chi connectivity index (χ1v) is 10.2. The fourth-order valence-electron chi connectivity index (χ4n) is 3.04. The molecule has 3 aromatic carbocycles. The van der Waals surface area contributed by atoms with Gasteiger partial charge in [0.05, 0.1) is 5.69 Å².